The number of hydrogen-bond acceptors (Lipinski definition) is 5. The quantitative estimate of drug-likeness (QED) is 0.533. The van der Waals surface area contributed by atoms with Gasteiger partial charge >= 0.3 is 0 Å². The molecule has 0 saturated carbocycles. The van der Waals surface area contributed by atoms with Crippen molar-refractivity contribution in [3.05, 3.63) is 82.8 Å². The Labute approximate surface area is 187 Å². The van der Waals surface area contributed by atoms with E-state index in [4.69, 9.17) is 0 Å². The summed E-state index contributed by atoms with van der Waals surface area (Å²) in [4.78, 5) is 43.4. The van der Waals surface area contributed by atoms with Gasteiger partial charge in [0.15, 0.2) is 5.78 Å². The van der Waals surface area contributed by atoms with Crippen LogP contribution in [0.5, 0.6) is 0 Å². The van der Waals surface area contributed by atoms with Crippen molar-refractivity contribution in [3.8, 4) is 0 Å². The summed E-state index contributed by atoms with van der Waals surface area (Å²) in [6, 6.07) is 14.2. The van der Waals surface area contributed by atoms with E-state index in [0.717, 1.165) is 11.3 Å². The number of carbonyl (C=O) groups is 3. The van der Waals surface area contributed by atoms with Gasteiger partial charge in [-0.2, -0.15) is 0 Å². The lowest BCUT2D eigenvalue weighted by Crippen LogP contribution is -2.34. The summed E-state index contributed by atoms with van der Waals surface area (Å²) >= 11 is 0. The van der Waals surface area contributed by atoms with Gasteiger partial charge in [0.05, 0.1) is 13.1 Å². The van der Waals surface area contributed by atoms with Gasteiger partial charge in [-0.25, -0.2) is 4.98 Å². The molecular weight excluding hydrogens is 406 g/mol. The van der Waals surface area contributed by atoms with Crippen LogP contribution in [-0.2, 0) is 4.79 Å². The zero-order valence-electron chi connectivity index (χ0n) is 18.7. The predicted molar refractivity (Wildman–Crippen MR) is 123 cm³/mol. The number of pyridine rings is 1. The molecule has 0 bridgehead atoms. The molecule has 2 heterocycles. The molecule has 0 aliphatic rings. The third-order valence-corrected chi connectivity index (χ3v) is 4.99. The van der Waals surface area contributed by atoms with E-state index in [9.17, 15) is 14.4 Å². The van der Waals surface area contributed by atoms with Gasteiger partial charge in [0, 0.05) is 28.7 Å². The van der Waals surface area contributed by atoms with Crippen molar-refractivity contribution in [2.45, 2.75) is 20.8 Å². The normalized spacial score (nSPS) is 10.8. The monoisotopic (exact) mass is 433 g/mol. The zero-order chi connectivity index (χ0) is 23.3. The summed E-state index contributed by atoms with van der Waals surface area (Å²) in [6.07, 6.45) is 1.68. The molecule has 1 aromatic carbocycles. The highest BCUT2D eigenvalue weighted by atomic mass is 16.2. The standard InChI is InChI=1S/C24H27N5O3/c1-16-10-11-22(25-13-16)26-23(31)15-28(4)14-21(30)20-12-17(2)29(18(20)3)27-24(32)19-8-6-5-7-9-19/h5-13H,14-15H2,1-4H3,(H,27,32)(H,25,26,31). The summed E-state index contributed by atoms with van der Waals surface area (Å²) in [5, 5.41) is 2.72. The van der Waals surface area contributed by atoms with Crippen LogP contribution in [0.3, 0.4) is 0 Å². The summed E-state index contributed by atoms with van der Waals surface area (Å²) in [5.41, 5.74) is 6.24. The van der Waals surface area contributed by atoms with Crippen LogP contribution in [0.1, 0.15) is 37.7 Å². The van der Waals surface area contributed by atoms with Gasteiger partial charge in [0.1, 0.15) is 5.82 Å². The molecule has 0 saturated heterocycles. The smallest absolute Gasteiger partial charge is 0.270 e. The fraction of sp³-hybridized carbons (Fsp3) is 0.250. The molecule has 3 rings (SSSR count). The molecule has 0 radical (unpaired) electrons. The van der Waals surface area contributed by atoms with Gasteiger partial charge in [-0.1, -0.05) is 24.3 Å². The van der Waals surface area contributed by atoms with Gasteiger partial charge in [0.2, 0.25) is 5.91 Å². The van der Waals surface area contributed by atoms with E-state index in [2.05, 4.69) is 15.7 Å². The van der Waals surface area contributed by atoms with Crippen molar-refractivity contribution < 1.29 is 14.4 Å². The summed E-state index contributed by atoms with van der Waals surface area (Å²) in [6.45, 7) is 5.63. The van der Waals surface area contributed by atoms with Crippen LogP contribution in [0, 0.1) is 20.8 Å². The Morgan fingerprint density at radius 3 is 2.38 bits per heavy atom. The van der Waals surface area contributed by atoms with Crippen molar-refractivity contribution in [2.24, 2.45) is 0 Å². The zero-order valence-corrected chi connectivity index (χ0v) is 18.7. The topological polar surface area (TPSA) is 96.3 Å². The Bertz CT molecular complexity index is 1120. The first-order chi connectivity index (χ1) is 15.2. The summed E-state index contributed by atoms with van der Waals surface area (Å²) in [5.74, 6) is -0.178. The van der Waals surface area contributed by atoms with Gasteiger partial charge in [-0.3, -0.25) is 29.4 Å². The van der Waals surface area contributed by atoms with Crippen molar-refractivity contribution in [1.82, 2.24) is 14.6 Å². The summed E-state index contributed by atoms with van der Waals surface area (Å²) in [7, 11) is 1.70. The molecule has 166 valence electrons. The van der Waals surface area contributed by atoms with E-state index in [0.29, 0.717) is 22.6 Å². The lowest BCUT2D eigenvalue weighted by Gasteiger charge is -2.15. The van der Waals surface area contributed by atoms with Crippen molar-refractivity contribution >= 4 is 23.4 Å². The van der Waals surface area contributed by atoms with Gasteiger partial charge < -0.3 is 5.32 Å². The van der Waals surface area contributed by atoms with E-state index in [1.54, 1.807) is 66.1 Å². The van der Waals surface area contributed by atoms with Crippen LogP contribution >= 0.6 is 0 Å². The molecule has 0 spiro atoms. The molecule has 3 aromatic rings. The lowest BCUT2D eigenvalue weighted by atomic mass is 10.1. The van der Waals surface area contributed by atoms with Crippen molar-refractivity contribution in [3.63, 3.8) is 0 Å². The highest BCUT2D eigenvalue weighted by Crippen LogP contribution is 2.15. The molecular formula is C24H27N5O3. The first-order valence-corrected chi connectivity index (χ1v) is 10.2. The minimum atomic E-state index is -0.259. The second-order valence-electron chi connectivity index (χ2n) is 7.79. The molecule has 0 unspecified atom stereocenters. The highest BCUT2D eigenvalue weighted by molar-refractivity contribution is 6.02. The van der Waals surface area contributed by atoms with Crippen LogP contribution in [0.15, 0.2) is 54.7 Å². The second-order valence-corrected chi connectivity index (χ2v) is 7.79. The van der Waals surface area contributed by atoms with Crippen LogP contribution < -0.4 is 10.7 Å². The fourth-order valence-corrected chi connectivity index (χ4v) is 3.33. The first-order valence-electron chi connectivity index (χ1n) is 10.2. The highest BCUT2D eigenvalue weighted by Gasteiger charge is 2.19. The molecule has 2 amide bonds. The van der Waals surface area contributed by atoms with Gasteiger partial charge in [-0.05, 0) is 57.6 Å². The fourth-order valence-electron chi connectivity index (χ4n) is 3.33. The Hall–Kier alpha value is -3.78. The molecule has 32 heavy (non-hydrogen) atoms. The van der Waals surface area contributed by atoms with Crippen LogP contribution in [-0.4, -0.2) is 52.3 Å². The minimum Gasteiger partial charge on any atom is -0.310 e. The van der Waals surface area contributed by atoms with Crippen molar-refractivity contribution in [2.75, 3.05) is 30.9 Å². The van der Waals surface area contributed by atoms with Gasteiger partial charge in [-0.15, -0.1) is 0 Å². The second kappa shape index (κ2) is 10.0. The third-order valence-electron chi connectivity index (χ3n) is 4.99. The molecule has 8 nitrogen and oxygen atoms in total. The Balaban J connectivity index is 1.61. The van der Waals surface area contributed by atoms with E-state index >= 15 is 0 Å². The first kappa shape index (κ1) is 22.9. The molecule has 0 atom stereocenters. The van der Waals surface area contributed by atoms with Crippen LogP contribution in [0.25, 0.3) is 0 Å². The Morgan fingerprint density at radius 1 is 1.00 bits per heavy atom. The Morgan fingerprint density at radius 2 is 1.72 bits per heavy atom. The number of ketones is 1. The molecule has 2 aromatic heterocycles. The maximum absolute atomic E-state index is 12.9. The number of aryl methyl sites for hydroxylation is 2. The number of likely N-dealkylation sites (N-methyl/N-ethyl adjacent to an activating group) is 1. The van der Waals surface area contributed by atoms with E-state index in [1.807, 2.05) is 26.0 Å². The number of anilines is 1. The minimum absolute atomic E-state index is 0.0464. The number of nitrogens with zero attached hydrogens (tertiary/aromatic N) is 3. The van der Waals surface area contributed by atoms with Crippen LogP contribution in [0.2, 0.25) is 0 Å². The molecule has 0 fully saturated rings. The number of aromatic nitrogens is 2. The number of Topliss-reactive ketones (excluding diaryl/α,β-unsaturated/α-hetero) is 1. The Kier molecular flexibility index (Phi) is 7.17. The van der Waals surface area contributed by atoms with Crippen LogP contribution in [0.4, 0.5) is 5.82 Å². The molecule has 8 heteroatoms. The van der Waals surface area contributed by atoms with E-state index in [-0.39, 0.29) is 30.7 Å². The number of benzene rings is 1. The summed E-state index contributed by atoms with van der Waals surface area (Å²) < 4.78 is 1.61. The molecule has 0 aliphatic carbocycles. The number of nitrogens with one attached hydrogen (secondary N) is 2. The van der Waals surface area contributed by atoms with E-state index in [1.165, 1.54) is 0 Å². The maximum Gasteiger partial charge on any atom is 0.270 e. The third kappa shape index (κ3) is 5.67. The van der Waals surface area contributed by atoms with Crippen molar-refractivity contribution in [1.29, 1.82) is 0 Å². The van der Waals surface area contributed by atoms with E-state index < -0.39 is 0 Å². The average molecular weight is 434 g/mol. The number of amides is 2. The molecule has 2 N–H and O–H groups in total. The number of rotatable bonds is 8. The average Bonchev–Trinajstić information content (AvgIpc) is 3.04. The largest absolute Gasteiger partial charge is 0.310 e. The molecule has 0 aliphatic heterocycles. The number of hydrogen-bond donors (Lipinski definition) is 2. The maximum atomic E-state index is 12.9. The predicted octanol–water partition coefficient (Wildman–Crippen LogP) is 2.95. The SMILES string of the molecule is Cc1ccc(NC(=O)CN(C)CC(=O)c2cc(C)n(NC(=O)c3ccccc3)c2C)nc1. The lowest BCUT2D eigenvalue weighted by molar-refractivity contribution is -0.116. The number of carbonyl (C=O) groups excluding carboxylic acids is 3. The van der Waals surface area contributed by atoms with Gasteiger partial charge in [0.25, 0.3) is 5.91 Å².